The van der Waals surface area contributed by atoms with Gasteiger partial charge in [0.25, 0.3) is 5.91 Å². The number of imidazole rings is 1. The lowest BCUT2D eigenvalue weighted by Gasteiger charge is -2.43. The number of para-hydroxylation sites is 1. The van der Waals surface area contributed by atoms with Gasteiger partial charge in [-0.05, 0) is 86.1 Å². The molecular weight excluding hydrogens is 796 g/mol. The van der Waals surface area contributed by atoms with Gasteiger partial charge >= 0.3 is 13.3 Å². The number of nitrogens with one attached hydrogen (secondary N) is 1. The van der Waals surface area contributed by atoms with Crippen molar-refractivity contribution in [1.29, 1.82) is 0 Å². The summed E-state index contributed by atoms with van der Waals surface area (Å²) in [7, 11) is -5.22. The van der Waals surface area contributed by atoms with Gasteiger partial charge in [0.2, 0.25) is 11.8 Å². The predicted octanol–water partition coefficient (Wildman–Crippen LogP) is 7.47. The molecule has 12 nitrogen and oxygen atoms in total. The molecule has 4 aliphatic rings. The van der Waals surface area contributed by atoms with Gasteiger partial charge in [0.1, 0.15) is 17.8 Å². The van der Waals surface area contributed by atoms with Crippen molar-refractivity contribution in [3.05, 3.63) is 83.8 Å². The Kier molecular flexibility index (Phi) is 11.3. The number of fused-ring (bicyclic) bond motifs is 3. The Morgan fingerprint density at radius 1 is 1.04 bits per heavy atom. The maximum Gasteiger partial charge on any atom is 0.453 e. The third kappa shape index (κ3) is 8.15. The Morgan fingerprint density at radius 3 is 2.58 bits per heavy atom. The molecule has 3 amide bonds. The molecule has 4 aromatic rings. The third-order valence-corrected chi connectivity index (χ3v) is 15.3. The van der Waals surface area contributed by atoms with Gasteiger partial charge in [0.05, 0.1) is 23.9 Å². The molecule has 1 saturated carbocycles. The van der Waals surface area contributed by atoms with Crippen LogP contribution in [0.5, 0.6) is 5.75 Å². The first-order valence-electron chi connectivity index (χ1n) is 19.4. The fourth-order valence-electron chi connectivity index (χ4n) is 8.26. The summed E-state index contributed by atoms with van der Waals surface area (Å²) < 4.78 is 60.0. The first kappa shape index (κ1) is 39.7. The summed E-state index contributed by atoms with van der Waals surface area (Å²) in [6, 6.07) is 11.4. The minimum atomic E-state index is -5.22. The van der Waals surface area contributed by atoms with Crippen LogP contribution in [0.3, 0.4) is 0 Å². The molecule has 1 aliphatic carbocycles. The number of halogens is 2. The third-order valence-electron chi connectivity index (χ3n) is 11.4. The van der Waals surface area contributed by atoms with E-state index in [0.29, 0.717) is 60.7 Å². The minimum absolute atomic E-state index is 0.0190. The second-order valence-electron chi connectivity index (χ2n) is 15.3. The molecule has 17 heteroatoms. The topological polar surface area (TPSA) is 140 Å². The van der Waals surface area contributed by atoms with Gasteiger partial charge in [-0.2, -0.15) is 8.78 Å². The first-order valence-corrected chi connectivity index (χ1v) is 22.7. The maximum absolute atomic E-state index is 16.4. The van der Waals surface area contributed by atoms with Crippen molar-refractivity contribution < 1.29 is 41.6 Å². The number of carbonyl (C=O) groups excluding carboxylic acids is 4. The van der Waals surface area contributed by atoms with Crippen LogP contribution in [-0.2, 0) is 29.1 Å². The normalized spacial score (nSPS) is 24.5. The van der Waals surface area contributed by atoms with E-state index in [1.807, 2.05) is 17.7 Å². The van der Waals surface area contributed by atoms with Crippen LogP contribution in [0.15, 0.2) is 73.3 Å². The molecule has 0 radical (unpaired) electrons. The molecular formula is C40H44F2N5O7PS2. The molecule has 5 heterocycles. The summed E-state index contributed by atoms with van der Waals surface area (Å²) in [4.78, 5) is 61.7. The summed E-state index contributed by atoms with van der Waals surface area (Å²) in [5.41, 5.74) is -4.74. The van der Waals surface area contributed by atoms with Gasteiger partial charge in [-0.3, -0.25) is 23.7 Å². The van der Waals surface area contributed by atoms with Gasteiger partial charge in [-0.15, -0.1) is 11.3 Å². The number of amides is 3. The zero-order valence-corrected chi connectivity index (χ0v) is 33.9. The number of rotatable bonds is 14. The van der Waals surface area contributed by atoms with Crippen molar-refractivity contribution in [2.75, 3.05) is 25.4 Å². The fourth-order valence-corrected chi connectivity index (χ4v) is 11.6. The zero-order valence-electron chi connectivity index (χ0n) is 31.3. The van der Waals surface area contributed by atoms with E-state index in [9.17, 15) is 23.7 Å². The van der Waals surface area contributed by atoms with Crippen LogP contribution >= 0.6 is 30.7 Å². The Labute approximate surface area is 337 Å². The predicted molar refractivity (Wildman–Crippen MR) is 212 cm³/mol. The zero-order chi connectivity index (χ0) is 39.9. The highest BCUT2D eigenvalue weighted by atomic mass is 32.2. The summed E-state index contributed by atoms with van der Waals surface area (Å²) in [5.74, 6) is -0.142. The van der Waals surface area contributed by atoms with Gasteiger partial charge in [-0.1, -0.05) is 43.0 Å². The van der Waals surface area contributed by atoms with Crippen molar-refractivity contribution >= 4 is 63.6 Å². The molecule has 8 rings (SSSR count). The summed E-state index contributed by atoms with van der Waals surface area (Å²) in [6.07, 6.45) is 9.90. The number of likely N-dealkylation sites (tertiary alicyclic amines) is 1. The lowest BCUT2D eigenvalue weighted by Crippen LogP contribution is -2.60. The molecule has 1 unspecified atom stereocenters. The monoisotopic (exact) mass is 839 g/mol. The van der Waals surface area contributed by atoms with Gasteiger partial charge in [-0.25, -0.2) is 9.55 Å². The molecule has 6 atom stereocenters. The van der Waals surface area contributed by atoms with Crippen LogP contribution < -0.4 is 9.84 Å². The van der Waals surface area contributed by atoms with Crippen molar-refractivity contribution in [2.45, 2.75) is 81.7 Å². The van der Waals surface area contributed by atoms with E-state index < -0.39 is 43.4 Å². The number of thioether (sulfide) groups is 1. The highest BCUT2D eigenvalue weighted by molar-refractivity contribution is 8.13. The largest absolute Gasteiger partial charge is 0.453 e. The van der Waals surface area contributed by atoms with Crippen LogP contribution in [-0.4, -0.2) is 85.8 Å². The average Bonchev–Trinajstić information content (AvgIpc) is 3.57. The van der Waals surface area contributed by atoms with E-state index in [1.54, 1.807) is 40.5 Å². The van der Waals surface area contributed by atoms with Crippen LogP contribution in [0.4, 0.5) is 8.78 Å². The number of carbonyl (C=O) groups is 4. The number of nitrogens with zero attached hydrogens (tertiary/aromatic N) is 4. The average molecular weight is 840 g/mol. The van der Waals surface area contributed by atoms with E-state index in [-0.39, 0.29) is 45.4 Å². The van der Waals surface area contributed by atoms with E-state index in [1.165, 1.54) is 30.3 Å². The van der Waals surface area contributed by atoms with E-state index in [0.717, 1.165) is 48.4 Å². The van der Waals surface area contributed by atoms with Gasteiger partial charge in [0, 0.05) is 54.0 Å². The van der Waals surface area contributed by atoms with Crippen LogP contribution in [0.1, 0.15) is 73.1 Å². The molecule has 4 fully saturated rings. The molecule has 1 N–H and O–H groups in total. The van der Waals surface area contributed by atoms with E-state index in [2.05, 4.69) is 10.3 Å². The Bertz CT molecular complexity index is 2180. The summed E-state index contributed by atoms with van der Waals surface area (Å²) in [5, 5.41) is 3.15. The number of alkyl halides is 2. The van der Waals surface area contributed by atoms with Crippen molar-refractivity contribution in [2.24, 2.45) is 11.8 Å². The molecule has 0 spiro atoms. The lowest BCUT2D eigenvalue weighted by atomic mass is 9.98. The number of aromatic nitrogens is 2. The number of hydrogen-bond donors (Lipinski definition) is 1. The van der Waals surface area contributed by atoms with Gasteiger partial charge in [0.15, 0.2) is 5.12 Å². The highest BCUT2D eigenvalue weighted by Crippen LogP contribution is 2.66. The van der Waals surface area contributed by atoms with Crippen molar-refractivity contribution in [3.63, 3.8) is 0 Å². The maximum atomic E-state index is 16.4. The van der Waals surface area contributed by atoms with Crippen LogP contribution in [0.2, 0.25) is 0 Å². The standard InChI is InChI=1S/C40H44F2N5O7PS2/c1-2-6-36(48)56-16-15-53-55(52,54-31-7-4-3-5-8-31)40(41,42)28-9-12-34-27(18-28)21-35(57-34)37(49)44-32-20-26-17-25(26)19-29-10-11-33(47(29)38(32)50)39(51)46-22-30(23-46)45-14-13-43-24-45/h3-5,7-9,12-14,18,21,24-26,29-30,32-33H,2,6,10-11,15-17,19-20,22-23H2,1H3,(H,44,49)/t25-,26+,29-,32+,33+,55?/m1/s1. The first-order chi connectivity index (χ1) is 27.4. The van der Waals surface area contributed by atoms with E-state index >= 15 is 8.78 Å². The van der Waals surface area contributed by atoms with Crippen molar-refractivity contribution in [3.8, 4) is 5.75 Å². The minimum Gasteiger partial charge on any atom is -0.420 e. The second-order valence-corrected chi connectivity index (χ2v) is 19.5. The molecule has 302 valence electrons. The SMILES string of the molecule is CCCC(=O)SCCOP(=O)(Oc1ccccc1)C(F)(F)c1ccc2sc(C(=O)N[C@H]3C[C@@H]4C[C@@H]4C[C@H]4CC[C@@H](C(=O)N5CC(n6ccnc6)C5)N4C3=O)cc2c1. The number of thiophene rings is 1. The summed E-state index contributed by atoms with van der Waals surface area (Å²) >= 11 is 2.02. The Hall–Kier alpha value is -4.11. The van der Waals surface area contributed by atoms with Crippen molar-refractivity contribution in [1.82, 2.24) is 24.7 Å². The fraction of sp³-hybridized carbons (Fsp3) is 0.475. The Morgan fingerprint density at radius 2 is 1.82 bits per heavy atom. The second kappa shape index (κ2) is 16.3. The van der Waals surface area contributed by atoms with Crippen LogP contribution in [0, 0.1) is 11.8 Å². The summed E-state index contributed by atoms with van der Waals surface area (Å²) in [6.45, 7) is 2.54. The Balaban J connectivity index is 0.977. The molecule has 0 bridgehead atoms. The number of benzene rings is 2. The molecule has 3 aliphatic heterocycles. The molecule has 2 aromatic heterocycles. The quantitative estimate of drug-likeness (QED) is 0.101. The lowest BCUT2D eigenvalue weighted by molar-refractivity contribution is -0.150. The molecule has 57 heavy (non-hydrogen) atoms. The number of hydrogen-bond acceptors (Lipinski definition) is 10. The highest BCUT2D eigenvalue weighted by Gasteiger charge is 2.57. The van der Waals surface area contributed by atoms with Gasteiger partial charge < -0.3 is 24.2 Å². The van der Waals surface area contributed by atoms with E-state index in [4.69, 9.17) is 9.05 Å². The molecule has 2 aromatic carbocycles. The van der Waals surface area contributed by atoms with Crippen LogP contribution in [0.25, 0.3) is 10.1 Å². The smallest absolute Gasteiger partial charge is 0.420 e. The molecule has 3 saturated heterocycles.